The molecule has 0 heterocycles. The Balaban J connectivity index is 2.82. The molecular weight excluding hydrogens is 254 g/mol. The summed E-state index contributed by atoms with van der Waals surface area (Å²) in [6.45, 7) is 3.68. The van der Waals surface area contributed by atoms with E-state index in [-0.39, 0.29) is 11.4 Å². The summed E-state index contributed by atoms with van der Waals surface area (Å²) in [7, 11) is -2.46. The Morgan fingerprint density at radius 3 is 2.28 bits per heavy atom. The number of sulfonamides is 1. The van der Waals surface area contributed by atoms with E-state index in [9.17, 15) is 13.2 Å². The molecule has 18 heavy (non-hydrogen) atoms. The summed E-state index contributed by atoms with van der Waals surface area (Å²) in [5.41, 5.74) is 1.06. The molecular formula is C12H17NO4S. The van der Waals surface area contributed by atoms with Crippen molar-refractivity contribution >= 4 is 16.0 Å². The zero-order valence-corrected chi connectivity index (χ0v) is 11.5. The fourth-order valence-electron chi connectivity index (χ4n) is 1.34. The van der Waals surface area contributed by atoms with Crippen molar-refractivity contribution < 1.29 is 17.9 Å². The molecule has 100 valence electrons. The summed E-state index contributed by atoms with van der Waals surface area (Å²) in [4.78, 5) is 11.0. The number of methoxy groups -OCH3 is 1. The van der Waals surface area contributed by atoms with Crippen LogP contribution in [0.2, 0.25) is 0 Å². The summed E-state index contributed by atoms with van der Waals surface area (Å²) in [6, 6.07) is 6.57. The summed E-state index contributed by atoms with van der Waals surface area (Å²) in [5, 5.41) is 0. The summed E-state index contributed by atoms with van der Waals surface area (Å²) in [5.74, 6) is -0.290. The standard InChI is InChI=1S/C12H17NO4S/c1-9(2)10-4-6-11(7-5-10)18(15,16)13-8-12(14)17-3/h4-7,9,13H,8H2,1-3H3. The van der Waals surface area contributed by atoms with Crippen molar-refractivity contribution in [2.75, 3.05) is 13.7 Å². The van der Waals surface area contributed by atoms with Crippen LogP contribution in [-0.4, -0.2) is 28.0 Å². The minimum absolute atomic E-state index is 0.135. The van der Waals surface area contributed by atoms with Gasteiger partial charge in [0, 0.05) is 0 Å². The molecule has 0 fully saturated rings. The Morgan fingerprint density at radius 2 is 1.83 bits per heavy atom. The lowest BCUT2D eigenvalue weighted by Crippen LogP contribution is -2.30. The highest BCUT2D eigenvalue weighted by atomic mass is 32.2. The lowest BCUT2D eigenvalue weighted by atomic mass is 10.0. The molecule has 0 aliphatic rings. The third-order valence-electron chi connectivity index (χ3n) is 2.49. The van der Waals surface area contributed by atoms with E-state index in [1.165, 1.54) is 19.2 Å². The molecule has 0 atom stereocenters. The first-order valence-electron chi connectivity index (χ1n) is 5.53. The maximum Gasteiger partial charge on any atom is 0.320 e. The van der Waals surface area contributed by atoms with Gasteiger partial charge in [-0.05, 0) is 23.6 Å². The van der Waals surface area contributed by atoms with Crippen molar-refractivity contribution in [3.63, 3.8) is 0 Å². The van der Waals surface area contributed by atoms with Crippen LogP contribution in [0.25, 0.3) is 0 Å². The Labute approximate surface area is 107 Å². The van der Waals surface area contributed by atoms with Gasteiger partial charge < -0.3 is 4.74 Å². The third-order valence-corrected chi connectivity index (χ3v) is 3.91. The highest BCUT2D eigenvalue weighted by molar-refractivity contribution is 7.89. The molecule has 0 bridgehead atoms. The van der Waals surface area contributed by atoms with Gasteiger partial charge in [0.05, 0.1) is 12.0 Å². The maximum atomic E-state index is 11.8. The molecule has 0 saturated carbocycles. The molecule has 0 saturated heterocycles. The molecule has 1 rings (SSSR count). The first kappa shape index (κ1) is 14.7. The topological polar surface area (TPSA) is 72.5 Å². The summed E-state index contributed by atoms with van der Waals surface area (Å²) in [6.07, 6.45) is 0. The lowest BCUT2D eigenvalue weighted by Gasteiger charge is -2.08. The van der Waals surface area contributed by atoms with Gasteiger partial charge in [-0.1, -0.05) is 26.0 Å². The van der Waals surface area contributed by atoms with E-state index in [1.54, 1.807) is 12.1 Å². The van der Waals surface area contributed by atoms with Crippen molar-refractivity contribution in [3.8, 4) is 0 Å². The molecule has 0 aromatic heterocycles. The predicted molar refractivity (Wildman–Crippen MR) is 67.7 cm³/mol. The minimum Gasteiger partial charge on any atom is -0.468 e. The van der Waals surface area contributed by atoms with Gasteiger partial charge in [-0.15, -0.1) is 0 Å². The van der Waals surface area contributed by atoms with Crippen LogP contribution in [0.1, 0.15) is 25.3 Å². The second kappa shape index (κ2) is 5.97. The van der Waals surface area contributed by atoms with E-state index in [0.717, 1.165) is 5.56 Å². The third kappa shape index (κ3) is 3.82. The Bertz CT molecular complexity index is 505. The number of carbonyl (C=O) groups excluding carboxylic acids is 1. The first-order valence-corrected chi connectivity index (χ1v) is 7.01. The van der Waals surface area contributed by atoms with Crippen molar-refractivity contribution in [1.82, 2.24) is 4.72 Å². The van der Waals surface area contributed by atoms with E-state index >= 15 is 0 Å². The fraction of sp³-hybridized carbons (Fsp3) is 0.417. The molecule has 6 heteroatoms. The molecule has 5 nitrogen and oxygen atoms in total. The van der Waals surface area contributed by atoms with Gasteiger partial charge in [0.2, 0.25) is 10.0 Å². The Morgan fingerprint density at radius 1 is 1.28 bits per heavy atom. The highest BCUT2D eigenvalue weighted by Gasteiger charge is 2.15. The maximum absolute atomic E-state index is 11.8. The Hall–Kier alpha value is -1.40. The molecule has 0 unspecified atom stereocenters. The number of hydrogen-bond acceptors (Lipinski definition) is 4. The van der Waals surface area contributed by atoms with Crippen LogP contribution in [0.4, 0.5) is 0 Å². The van der Waals surface area contributed by atoms with E-state index in [1.807, 2.05) is 13.8 Å². The van der Waals surface area contributed by atoms with Crippen LogP contribution in [-0.2, 0) is 19.6 Å². The average molecular weight is 271 g/mol. The number of benzene rings is 1. The van der Waals surface area contributed by atoms with Gasteiger partial charge in [0.15, 0.2) is 0 Å². The van der Waals surface area contributed by atoms with Gasteiger partial charge in [-0.25, -0.2) is 8.42 Å². The van der Waals surface area contributed by atoms with E-state index < -0.39 is 16.0 Å². The zero-order valence-electron chi connectivity index (χ0n) is 10.6. The SMILES string of the molecule is COC(=O)CNS(=O)(=O)c1ccc(C(C)C)cc1. The van der Waals surface area contributed by atoms with E-state index in [4.69, 9.17) is 0 Å². The second-order valence-corrected chi connectivity index (χ2v) is 5.89. The minimum atomic E-state index is -3.66. The van der Waals surface area contributed by atoms with Gasteiger partial charge in [-0.3, -0.25) is 4.79 Å². The van der Waals surface area contributed by atoms with Crippen molar-refractivity contribution in [1.29, 1.82) is 0 Å². The van der Waals surface area contributed by atoms with Crippen molar-refractivity contribution in [3.05, 3.63) is 29.8 Å². The molecule has 1 aromatic carbocycles. The normalized spacial score (nSPS) is 11.6. The quantitative estimate of drug-likeness (QED) is 0.818. The molecule has 0 spiro atoms. The summed E-state index contributed by atoms with van der Waals surface area (Å²) < 4.78 is 30.2. The lowest BCUT2D eigenvalue weighted by molar-refractivity contribution is -0.139. The number of hydrogen-bond donors (Lipinski definition) is 1. The molecule has 0 aliphatic heterocycles. The van der Waals surface area contributed by atoms with Crippen molar-refractivity contribution in [2.45, 2.75) is 24.7 Å². The van der Waals surface area contributed by atoms with Gasteiger partial charge >= 0.3 is 5.97 Å². The number of nitrogens with one attached hydrogen (secondary N) is 1. The Kier molecular flexibility index (Phi) is 4.86. The van der Waals surface area contributed by atoms with Gasteiger partial charge in [0.1, 0.15) is 6.54 Å². The highest BCUT2D eigenvalue weighted by Crippen LogP contribution is 2.17. The van der Waals surface area contributed by atoms with Crippen molar-refractivity contribution in [2.24, 2.45) is 0 Å². The number of esters is 1. The number of rotatable bonds is 5. The molecule has 0 aliphatic carbocycles. The summed E-state index contributed by atoms with van der Waals surface area (Å²) >= 11 is 0. The predicted octanol–water partition coefficient (Wildman–Crippen LogP) is 1.26. The molecule has 0 amide bonds. The number of carbonyl (C=O) groups is 1. The van der Waals surface area contributed by atoms with Crippen LogP contribution in [0.15, 0.2) is 29.2 Å². The van der Waals surface area contributed by atoms with E-state index in [2.05, 4.69) is 9.46 Å². The van der Waals surface area contributed by atoms with E-state index in [0.29, 0.717) is 5.92 Å². The zero-order chi connectivity index (χ0) is 13.8. The van der Waals surface area contributed by atoms with Gasteiger partial charge in [-0.2, -0.15) is 4.72 Å². The smallest absolute Gasteiger partial charge is 0.320 e. The van der Waals surface area contributed by atoms with Crippen LogP contribution in [0, 0.1) is 0 Å². The van der Waals surface area contributed by atoms with Crippen LogP contribution < -0.4 is 4.72 Å². The monoisotopic (exact) mass is 271 g/mol. The van der Waals surface area contributed by atoms with Crippen LogP contribution >= 0.6 is 0 Å². The van der Waals surface area contributed by atoms with Crippen LogP contribution in [0.3, 0.4) is 0 Å². The second-order valence-electron chi connectivity index (χ2n) is 4.12. The first-order chi connectivity index (χ1) is 8.36. The average Bonchev–Trinajstić information content (AvgIpc) is 2.36. The molecule has 1 aromatic rings. The van der Waals surface area contributed by atoms with Gasteiger partial charge in [0.25, 0.3) is 0 Å². The van der Waals surface area contributed by atoms with Crippen LogP contribution in [0.5, 0.6) is 0 Å². The molecule has 1 N–H and O–H groups in total. The molecule has 0 radical (unpaired) electrons. The fourth-order valence-corrected chi connectivity index (χ4v) is 2.31. The largest absolute Gasteiger partial charge is 0.468 e. The number of ether oxygens (including phenoxy) is 1.